The number of hydrogen-bond donors (Lipinski definition) is 1. The first kappa shape index (κ1) is 29.0. The number of ketones is 1. The fraction of sp³-hybridized carbons (Fsp3) is 0.194. The van der Waals surface area contributed by atoms with Crippen LogP contribution in [0.1, 0.15) is 39.9 Å². The van der Waals surface area contributed by atoms with Crippen molar-refractivity contribution in [3.8, 4) is 11.5 Å². The van der Waals surface area contributed by atoms with Crippen molar-refractivity contribution in [3.05, 3.63) is 119 Å². The van der Waals surface area contributed by atoms with Crippen LogP contribution in [-0.4, -0.2) is 36.0 Å². The highest BCUT2D eigenvalue weighted by Gasteiger charge is 2.17. The quantitative estimate of drug-likeness (QED) is 0.184. The first-order valence-electron chi connectivity index (χ1n) is 12.7. The number of carboxylic acid groups (broad SMARTS) is 1. The summed E-state index contributed by atoms with van der Waals surface area (Å²) >= 11 is 5.92. The van der Waals surface area contributed by atoms with E-state index in [-0.39, 0.29) is 29.3 Å². The van der Waals surface area contributed by atoms with E-state index < -0.39 is 15.8 Å². The van der Waals surface area contributed by atoms with E-state index in [4.69, 9.17) is 16.3 Å². The number of carbonyl (C=O) groups excluding carboxylic acids is 1. The van der Waals surface area contributed by atoms with Crippen LogP contribution in [0.15, 0.2) is 96.2 Å². The predicted octanol–water partition coefficient (Wildman–Crippen LogP) is 6.38. The summed E-state index contributed by atoms with van der Waals surface area (Å²) < 4.78 is 31.6. The van der Waals surface area contributed by atoms with Crippen molar-refractivity contribution in [2.75, 3.05) is 5.75 Å². The number of carboxylic acids is 1. The zero-order valence-corrected chi connectivity index (χ0v) is 23.2. The number of carbonyl (C=O) groups is 2. The van der Waals surface area contributed by atoms with E-state index in [1.165, 1.54) is 18.5 Å². The van der Waals surface area contributed by atoms with Gasteiger partial charge in [-0.15, -0.1) is 0 Å². The molecule has 1 heterocycles. The van der Waals surface area contributed by atoms with Gasteiger partial charge in [-0.2, -0.15) is 0 Å². The van der Waals surface area contributed by atoms with Gasteiger partial charge in [-0.1, -0.05) is 35.9 Å². The number of ether oxygens (including phenoxy) is 1. The number of halogens is 1. The van der Waals surface area contributed by atoms with Crippen LogP contribution in [0.25, 0.3) is 0 Å². The minimum Gasteiger partial charge on any atom is -0.481 e. The molecular weight excluding hydrogens is 550 g/mol. The zero-order chi connectivity index (χ0) is 28.5. The molecule has 1 N–H and O–H groups in total. The molecule has 4 rings (SSSR count). The van der Waals surface area contributed by atoms with Gasteiger partial charge in [0.1, 0.15) is 11.5 Å². The zero-order valence-electron chi connectivity index (χ0n) is 21.6. The largest absolute Gasteiger partial charge is 0.481 e. The molecule has 0 bridgehead atoms. The Hall–Kier alpha value is -4.01. The van der Waals surface area contributed by atoms with Gasteiger partial charge < -0.3 is 9.84 Å². The summed E-state index contributed by atoms with van der Waals surface area (Å²) in [4.78, 5) is 27.9. The maximum atomic E-state index is 12.8. The number of aryl methyl sites for hydroxylation is 2. The molecule has 0 aliphatic carbocycles. The Kier molecular flexibility index (Phi) is 9.69. The topological polar surface area (TPSA) is 111 Å². The van der Waals surface area contributed by atoms with Crippen molar-refractivity contribution >= 4 is 33.2 Å². The molecule has 9 heteroatoms. The third-order valence-electron chi connectivity index (χ3n) is 6.30. The summed E-state index contributed by atoms with van der Waals surface area (Å²) in [5, 5.41) is 9.88. The number of Topliss-reactive ketones (excluding diaryl/α,β-unsaturated/α-hetero) is 1. The van der Waals surface area contributed by atoms with Crippen LogP contribution in [0, 0.1) is 0 Å². The van der Waals surface area contributed by atoms with E-state index in [1.54, 1.807) is 48.5 Å². The van der Waals surface area contributed by atoms with Crippen molar-refractivity contribution in [2.24, 2.45) is 0 Å². The van der Waals surface area contributed by atoms with Gasteiger partial charge in [-0.25, -0.2) is 8.42 Å². The lowest BCUT2D eigenvalue weighted by atomic mass is 10.0. The lowest BCUT2D eigenvalue weighted by Crippen LogP contribution is -2.10. The highest BCUT2D eigenvalue weighted by atomic mass is 35.5. The average molecular weight is 578 g/mol. The second kappa shape index (κ2) is 13.4. The molecule has 4 aromatic rings. The van der Waals surface area contributed by atoms with Crippen molar-refractivity contribution in [2.45, 2.75) is 37.0 Å². The number of hydrogen-bond acceptors (Lipinski definition) is 6. The number of sulfone groups is 1. The number of aromatic nitrogens is 1. The van der Waals surface area contributed by atoms with Crippen LogP contribution < -0.4 is 4.74 Å². The summed E-state index contributed by atoms with van der Waals surface area (Å²) in [7, 11) is -3.60. The molecule has 0 radical (unpaired) electrons. The molecular formula is C31H28ClNO6S. The highest BCUT2D eigenvalue weighted by molar-refractivity contribution is 7.91. The smallest absolute Gasteiger partial charge is 0.307 e. The Labute approximate surface area is 238 Å². The Morgan fingerprint density at radius 2 is 1.62 bits per heavy atom. The summed E-state index contributed by atoms with van der Waals surface area (Å²) in [6.07, 6.45) is 4.62. The molecule has 0 amide bonds. The van der Waals surface area contributed by atoms with E-state index in [9.17, 15) is 23.1 Å². The van der Waals surface area contributed by atoms with E-state index in [0.29, 0.717) is 46.1 Å². The van der Waals surface area contributed by atoms with Gasteiger partial charge >= 0.3 is 5.97 Å². The number of benzene rings is 3. The number of aliphatic carboxylic acids is 1. The number of rotatable bonds is 13. The van der Waals surface area contributed by atoms with Crippen LogP contribution in [0.2, 0.25) is 5.02 Å². The van der Waals surface area contributed by atoms with Gasteiger partial charge in [0.05, 0.1) is 17.1 Å². The van der Waals surface area contributed by atoms with Crippen LogP contribution >= 0.6 is 11.6 Å². The Balaban J connectivity index is 1.43. The Morgan fingerprint density at radius 3 is 2.30 bits per heavy atom. The summed E-state index contributed by atoms with van der Waals surface area (Å²) in [6, 6.07) is 22.3. The maximum absolute atomic E-state index is 12.8. The minimum absolute atomic E-state index is 0.0276. The molecule has 206 valence electrons. The highest BCUT2D eigenvalue weighted by Crippen LogP contribution is 2.28. The molecule has 0 saturated carbocycles. The minimum atomic E-state index is -3.60. The van der Waals surface area contributed by atoms with Crippen molar-refractivity contribution in [1.29, 1.82) is 0 Å². The standard InChI is InChI=1S/C31H28ClNO6S/c32-26-11-6-22(7-12-26)3-1-5-29(34)24-9-13-27(14-10-24)39-30-15-8-23(20-31(35)36)19-25(30)16-18-40(37,38)28-4-2-17-33-21-28/h2,4,6-15,17,19,21H,1,3,5,16,18,20H2,(H,35,36). The second-order valence-electron chi connectivity index (χ2n) is 9.30. The molecule has 7 nitrogen and oxygen atoms in total. The molecule has 3 aromatic carbocycles. The van der Waals surface area contributed by atoms with Gasteiger partial charge in [0.2, 0.25) is 0 Å². The van der Waals surface area contributed by atoms with Crippen LogP contribution in [-0.2, 0) is 33.9 Å². The van der Waals surface area contributed by atoms with Gasteiger partial charge in [-0.05, 0) is 90.6 Å². The number of pyridine rings is 1. The Bertz CT molecular complexity index is 1570. The van der Waals surface area contributed by atoms with Gasteiger partial charge in [0.15, 0.2) is 15.6 Å². The summed E-state index contributed by atoms with van der Waals surface area (Å²) in [5.41, 5.74) is 2.80. The molecule has 0 spiro atoms. The first-order valence-corrected chi connectivity index (χ1v) is 14.7. The van der Waals surface area contributed by atoms with Crippen molar-refractivity contribution < 1.29 is 27.9 Å². The molecule has 40 heavy (non-hydrogen) atoms. The van der Waals surface area contributed by atoms with E-state index in [1.807, 2.05) is 24.3 Å². The molecule has 0 aliphatic heterocycles. The first-order chi connectivity index (χ1) is 19.2. The monoisotopic (exact) mass is 577 g/mol. The Morgan fingerprint density at radius 1 is 0.900 bits per heavy atom. The maximum Gasteiger partial charge on any atom is 0.307 e. The van der Waals surface area contributed by atoms with E-state index in [0.717, 1.165) is 12.0 Å². The molecule has 0 aliphatic rings. The third kappa shape index (κ3) is 8.24. The second-order valence-corrected chi connectivity index (χ2v) is 11.8. The van der Waals surface area contributed by atoms with Gasteiger partial charge in [0.25, 0.3) is 0 Å². The third-order valence-corrected chi connectivity index (χ3v) is 8.25. The fourth-order valence-corrected chi connectivity index (χ4v) is 5.55. The number of nitrogens with zero attached hydrogens (tertiary/aromatic N) is 1. The molecule has 0 atom stereocenters. The lowest BCUT2D eigenvalue weighted by Gasteiger charge is -2.13. The average Bonchev–Trinajstić information content (AvgIpc) is 2.94. The van der Waals surface area contributed by atoms with Gasteiger partial charge in [0, 0.05) is 29.4 Å². The predicted molar refractivity (Wildman–Crippen MR) is 153 cm³/mol. The summed E-state index contributed by atoms with van der Waals surface area (Å²) in [5.74, 6) is -0.275. The van der Waals surface area contributed by atoms with Crippen molar-refractivity contribution in [3.63, 3.8) is 0 Å². The SMILES string of the molecule is O=C(O)Cc1ccc(Oc2ccc(C(=O)CCCc3ccc(Cl)cc3)cc2)c(CCS(=O)(=O)c2cccnc2)c1. The molecule has 0 saturated heterocycles. The summed E-state index contributed by atoms with van der Waals surface area (Å²) in [6.45, 7) is 0. The van der Waals surface area contributed by atoms with Crippen LogP contribution in [0.3, 0.4) is 0 Å². The van der Waals surface area contributed by atoms with Crippen LogP contribution in [0.4, 0.5) is 0 Å². The fourth-order valence-electron chi connectivity index (χ4n) is 4.19. The van der Waals surface area contributed by atoms with Gasteiger partial charge in [-0.3, -0.25) is 14.6 Å². The van der Waals surface area contributed by atoms with Crippen LogP contribution in [0.5, 0.6) is 11.5 Å². The van der Waals surface area contributed by atoms with Crippen molar-refractivity contribution in [1.82, 2.24) is 4.98 Å². The normalized spacial score (nSPS) is 11.2. The van der Waals surface area contributed by atoms with E-state index in [2.05, 4.69) is 4.98 Å². The lowest BCUT2D eigenvalue weighted by molar-refractivity contribution is -0.136. The van der Waals surface area contributed by atoms with E-state index >= 15 is 0 Å². The molecule has 1 aromatic heterocycles. The molecule has 0 unspecified atom stereocenters. The molecule has 0 fully saturated rings.